The molecule has 0 unspecified atom stereocenters. The molecule has 12 heteroatoms. The molecule has 0 aliphatic carbocycles. The standard InChI is InChI=1S/C27H30Cl2N6O4/c28-20-9-5-18(6-10-20)25(27(37)30-15-22-3-1-13-38-22)34(16-23-4-2-14-39-23)24(36)17-35-32-26(31-33-35)19-7-11-21(29)12-8-19/h5-12,22-23,25H,1-4,13-17H2,(H,30,37)/t22-,23-,25+/m0/s1. The first-order chi connectivity index (χ1) is 19.0. The minimum absolute atomic E-state index is 0.0345. The zero-order valence-electron chi connectivity index (χ0n) is 21.3. The van der Waals surface area contributed by atoms with E-state index >= 15 is 0 Å². The number of amides is 2. The Balaban J connectivity index is 1.40. The summed E-state index contributed by atoms with van der Waals surface area (Å²) in [6.45, 7) is 1.74. The van der Waals surface area contributed by atoms with Gasteiger partial charge in [-0.2, -0.15) is 4.80 Å². The normalized spacial score (nSPS) is 19.6. The number of carbonyl (C=O) groups excluding carboxylic acids is 2. The lowest BCUT2D eigenvalue weighted by Gasteiger charge is -2.33. The van der Waals surface area contributed by atoms with E-state index in [-0.39, 0.29) is 37.1 Å². The summed E-state index contributed by atoms with van der Waals surface area (Å²) in [6.07, 6.45) is 3.34. The van der Waals surface area contributed by atoms with Crippen molar-refractivity contribution in [3.63, 3.8) is 0 Å². The van der Waals surface area contributed by atoms with Gasteiger partial charge < -0.3 is 19.7 Å². The topological polar surface area (TPSA) is 111 Å². The molecule has 2 saturated heterocycles. The van der Waals surface area contributed by atoms with Crippen LogP contribution in [0.25, 0.3) is 11.4 Å². The van der Waals surface area contributed by atoms with Crippen molar-refractivity contribution in [1.29, 1.82) is 0 Å². The van der Waals surface area contributed by atoms with Crippen LogP contribution in [0.5, 0.6) is 0 Å². The van der Waals surface area contributed by atoms with Crippen LogP contribution in [-0.4, -0.2) is 75.4 Å². The van der Waals surface area contributed by atoms with Crippen LogP contribution in [0, 0.1) is 0 Å². The van der Waals surface area contributed by atoms with Gasteiger partial charge in [0, 0.05) is 41.9 Å². The number of carbonyl (C=O) groups is 2. The highest BCUT2D eigenvalue weighted by Gasteiger charge is 2.35. The summed E-state index contributed by atoms with van der Waals surface area (Å²) < 4.78 is 11.5. The molecule has 2 aliphatic heterocycles. The summed E-state index contributed by atoms with van der Waals surface area (Å²) in [5.41, 5.74) is 1.37. The summed E-state index contributed by atoms with van der Waals surface area (Å²) in [7, 11) is 0. The quantitative estimate of drug-likeness (QED) is 0.394. The lowest BCUT2D eigenvalue weighted by atomic mass is 10.0. The zero-order valence-corrected chi connectivity index (χ0v) is 22.9. The van der Waals surface area contributed by atoms with E-state index in [1.807, 2.05) is 0 Å². The fourth-order valence-corrected chi connectivity index (χ4v) is 5.08. The monoisotopic (exact) mass is 572 g/mol. The number of rotatable bonds is 10. The molecule has 5 rings (SSSR count). The number of benzene rings is 2. The van der Waals surface area contributed by atoms with E-state index in [1.54, 1.807) is 53.4 Å². The molecule has 2 fully saturated rings. The molecule has 1 aromatic heterocycles. The Morgan fingerprint density at radius 3 is 2.26 bits per heavy atom. The molecule has 3 aromatic rings. The Morgan fingerprint density at radius 1 is 0.974 bits per heavy atom. The van der Waals surface area contributed by atoms with Crippen molar-refractivity contribution in [2.24, 2.45) is 0 Å². The number of halogens is 2. The first-order valence-corrected chi connectivity index (χ1v) is 13.8. The summed E-state index contributed by atoms with van der Waals surface area (Å²) >= 11 is 12.1. The maximum atomic E-state index is 13.8. The highest BCUT2D eigenvalue weighted by molar-refractivity contribution is 6.30. The smallest absolute Gasteiger partial charge is 0.247 e. The van der Waals surface area contributed by atoms with Crippen molar-refractivity contribution in [1.82, 2.24) is 30.4 Å². The third-order valence-electron chi connectivity index (χ3n) is 6.85. The van der Waals surface area contributed by atoms with Crippen molar-refractivity contribution in [2.75, 3.05) is 26.3 Å². The molecule has 1 N–H and O–H groups in total. The van der Waals surface area contributed by atoms with Crippen molar-refractivity contribution < 1.29 is 19.1 Å². The minimum atomic E-state index is -0.903. The first kappa shape index (κ1) is 27.5. The summed E-state index contributed by atoms with van der Waals surface area (Å²) in [4.78, 5) is 30.3. The summed E-state index contributed by atoms with van der Waals surface area (Å²) in [5, 5.41) is 16.7. The Bertz CT molecular complexity index is 1260. The molecule has 0 spiro atoms. The Hall–Kier alpha value is -3.05. The van der Waals surface area contributed by atoms with Crippen LogP contribution in [0.15, 0.2) is 48.5 Å². The number of nitrogens with one attached hydrogen (secondary N) is 1. The van der Waals surface area contributed by atoms with Crippen LogP contribution in [0.3, 0.4) is 0 Å². The lowest BCUT2D eigenvalue weighted by Crippen LogP contribution is -2.48. The number of hydrogen-bond acceptors (Lipinski definition) is 7. The second-order valence-corrected chi connectivity index (χ2v) is 10.5. The largest absolute Gasteiger partial charge is 0.376 e. The van der Waals surface area contributed by atoms with E-state index in [2.05, 4.69) is 20.7 Å². The molecule has 0 radical (unpaired) electrons. The van der Waals surface area contributed by atoms with Gasteiger partial charge in [-0.25, -0.2) is 0 Å². The molecular weight excluding hydrogens is 543 g/mol. The molecule has 10 nitrogen and oxygen atoms in total. The molecule has 3 atom stereocenters. The van der Waals surface area contributed by atoms with Gasteiger partial charge in [0.15, 0.2) is 0 Å². The zero-order chi connectivity index (χ0) is 27.2. The SMILES string of the molecule is O=C(NC[C@@H]1CCCO1)[C@@H](c1ccc(Cl)cc1)N(C[C@@H]1CCCO1)C(=O)Cn1nnc(-c2ccc(Cl)cc2)n1. The van der Waals surface area contributed by atoms with Gasteiger partial charge in [0.1, 0.15) is 12.6 Å². The van der Waals surface area contributed by atoms with Crippen LogP contribution < -0.4 is 5.32 Å². The second kappa shape index (κ2) is 12.9. The van der Waals surface area contributed by atoms with Crippen LogP contribution in [0.1, 0.15) is 37.3 Å². The Labute approximate surface area is 236 Å². The van der Waals surface area contributed by atoms with E-state index < -0.39 is 6.04 Å². The number of hydrogen-bond donors (Lipinski definition) is 1. The highest BCUT2D eigenvalue weighted by atomic mass is 35.5. The van der Waals surface area contributed by atoms with Gasteiger partial charge in [0.2, 0.25) is 17.6 Å². The van der Waals surface area contributed by atoms with Crippen molar-refractivity contribution >= 4 is 35.0 Å². The van der Waals surface area contributed by atoms with Crippen molar-refractivity contribution in [3.05, 3.63) is 64.1 Å². The van der Waals surface area contributed by atoms with Crippen molar-refractivity contribution in [2.45, 2.75) is 50.5 Å². The first-order valence-electron chi connectivity index (χ1n) is 13.1. The molecule has 0 bridgehead atoms. The van der Waals surface area contributed by atoms with Gasteiger partial charge in [-0.3, -0.25) is 9.59 Å². The average Bonchev–Trinajstić information content (AvgIpc) is 3.72. The fourth-order valence-electron chi connectivity index (χ4n) is 4.83. The molecule has 206 valence electrons. The Morgan fingerprint density at radius 2 is 1.62 bits per heavy atom. The predicted molar refractivity (Wildman–Crippen MR) is 145 cm³/mol. The van der Waals surface area contributed by atoms with Crippen molar-refractivity contribution in [3.8, 4) is 11.4 Å². The van der Waals surface area contributed by atoms with E-state index in [9.17, 15) is 9.59 Å². The van der Waals surface area contributed by atoms with Gasteiger partial charge in [-0.05, 0) is 72.9 Å². The fraction of sp³-hybridized carbons (Fsp3) is 0.444. The molecule has 2 amide bonds. The van der Waals surface area contributed by atoms with Crippen LogP contribution in [0.4, 0.5) is 0 Å². The molecule has 0 saturated carbocycles. The van der Waals surface area contributed by atoms with Gasteiger partial charge in [-0.15, -0.1) is 10.2 Å². The Kier molecular flexibility index (Phi) is 9.08. The second-order valence-electron chi connectivity index (χ2n) is 9.67. The van der Waals surface area contributed by atoms with E-state index in [0.717, 1.165) is 31.2 Å². The van der Waals surface area contributed by atoms with Gasteiger partial charge in [0.05, 0.1) is 12.2 Å². The number of tetrazole rings is 1. The average molecular weight is 573 g/mol. The van der Waals surface area contributed by atoms with E-state index in [1.165, 1.54) is 4.80 Å². The molecule has 39 heavy (non-hydrogen) atoms. The lowest BCUT2D eigenvalue weighted by molar-refractivity contribution is -0.143. The van der Waals surface area contributed by atoms with Gasteiger partial charge >= 0.3 is 0 Å². The molecular formula is C27H30Cl2N6O4. The summed E-state index contributed by atoms with van der Waals surface area (Å²) in [6, 6.07) is 13.1. The van der Waals surface area contributed by atoms with Crippen LogP contribution in [-0.2, 0) is 25.6 Å². The number of aromatic nitrogens is 4. The van der Waals surface area contributed by atoms with Gasteiger partial charge in [-0.1, -0.05) is 35.3 Å². The molecule has 2 aromatic carbocycles. The third-order valence-corrected chi connectivity index (χ3v) is 7.35. The van der Waals surface area contributed by atoms with E-state index in [4.69, 9.17) is 32.7 Å². The highest BCUT2D eigenvalue weighted by Crippen LogP contribution is 2.27. The summed E-state index contributed by atoms with van der Waals surface area (Å²) in [5.74, 6) is -0.265. The molecule has 3 heterocycles. The number of nitrogens with zero attached hydrogens (tertiary/aromatic N) is 5. The third kappa shape index (κ3) is 7.13. The van der Waals surface area contributed by atoms with Crippen LogP contribution >= 0.6 is 23.2 Å². The van der Waals surface area contributed by atoms with Gasteiger partial charge in [0.25, 0.3) is 0 Å². The number of ether oxygens (including phenoxy) is 2. The van der Waals surface area contributed by atoms with E-state index in [0.29, 0.717) is 41.2 Å². The maximum absolute atomic E-state index is 13.8. The molecule has 2 aliphatic rings. The maximum Gasteiger partial charge on any atom is 0.247 e. The van der Waals surface area contributed by atoms with Crippen LogP contribution in [0.2, 0.25) is 10.0 Å². The minimum Gasteiger partial charge on any atom is -0.376 e. The predicted octanol–water partition coefficient (Wildman–Crippen LogP) is 3.69.